The minimum Gasteiger partial charge on any atom is -0.394 e. The van der Waals surface area contributed by atoms with Crippen LogP contribution in [0.5, 0.6) is 0 Å². The molecule has 0 aromatic carbocycles. The molecule has 1 aliphatic rings. The standard InChI is InChI=1S/C12H20N4O/c1-3-13-11-14-7-9(2)10(15-11)16-12(8-17)5-4-6-12/h7,17H,3-6,8H2,1-2H3,(H2,13,14,15,16). The van der Waals surface area contributed by atoms with Gasteiger partial charge in [-0.15, -0.1) is 0 Å². The minimum atomic E-state index is -0.164. The molecule has 0 spiro atoms. The zero-order valence-corrected chi connectivity index (χ0v) is 10.5. The number of hydrogen-bond donors (Lipinski definition) is 3. The van der Waals surface area contributed by atoms with Gasteiger partial charge in [-0.05, 0) is 33.1 Å². The Labute approximate surface area is 102 Å². The van der Waals surface area contributed by atoms with Gasteiger partial charge >= 0.3 is 0 Å². The fourth-order valence-electron chi connectivity index (χ4n) is 1.99. The van der Waals surface area contributed by atoms with E-state index in [1.807, 2.05) is 13.8 Å². The molecule has 94 valence electrons. The minimum absolute atomic E-state index is 0.160. The molecule has 1 heterocycles. The lowest BCUT2D eigenvalue weighted by molar-refractivity contribution is 0.143. The molecule has 17 heavy (non-hydrogen) atoms. The summed E-state index contributed by atoms with van der Waals surface area (Å²) in [4.78, 5) is 8.64. The number of anilines is 2. The first kappa shape index (κ1) is 12.1. The fraction of sp³-hybridized carbons (Fsp3) is 0.667. The summed E-state index contributed by atoms with van der Waals surface area (Å²) < 4.78 is 0. The third-order valence-corrected chi connectivity index (χ3v) is 3.30. The predicted molar refractivity (Wildman–Crippen MR) is 68.2 cm³/mol. The average Bonchev–Trinajstić information content (AvgIpc) is 2.28. The van der Waals surface area contributed by atoms with Crippen molar-refractivity contribution in [1.82, 2.24) is 9.97 Å². The van der Waals surface area contributed by atoms with Gasteiger partial charge in [0.2, 0.25) is 5.95 Å². The summed E-state index contributed by atoms with van der Waals surface area (Å²) in [7, 11) is 0. The first-order valence-electron chi connectivity index (χ1n) is 6.16. The molecule has 0 atom stereocenters. The molecule has 3 N–H and O–H groups in total. The number of nitrogens with one attached hydrogen (secondary N) is 2. The summed E-state index contributed by atoms with van der Waals surface area (Å²) in [6.45, 7) is 4.94. The summed E-state index contributed by atoms with van der Waals surface area (Å²) in [5, 5.41) is 15.9. The monoisotopic (exact) mass is 236 g/mol. The van der Waals surface area contributed by atoms with Crippen LogP contribution in [0.4, 0.5) is 11.8 Å². The van der Waals surface area contributed by atoms with E-state index in [1.54, 1.807) is 6.20 Å². The molecule has 0 aliphatic heterocycles. The van der Waals surface area contributed by atoms with Crippen molar-refractivity contribution >= 4 is 11.8 Å². The van der Waals surface area contributed by atoms with Gasteiger partial charge in [0.15, 0.2) is 0 Å². The predicted octanol–water partition coefficient (Wildman–Crippen LogP) is 1.54. The van der Waals surface area contributed by atoms with Crippen LogP contribution in [0.25, 0.3) is 0 Å². The van der Waals surface area contributed by atoms with Crippen molar-refractivity contribution in [2.45, 2.75) is 38.6 Å². The Balaban J connectivity index is 2.16. The van der Waals surface area contributed by atoms with Crippen molar-refractivity contribution in [3.8, 4) is 0 Å². The van der Waals surface area contributed by atoms with Crippen LogP contribution in [-0.4, -0.2) is 33.8 Å². The molecule has 0 amide bonds. The van der Waals surface area contributed by atoms with Crippen molar-refractivity contribution in [3.63, 3.8) is 0 Å². The smallest absolute Gasteiger partial charge is 0.224 e. The highest BCUT2D eigenvalue weighted by Gasteiger charge is 2.36. The zero-order chi connectivity index (χ0) is 12.3. The van der Waals surface area contributed by atoms with Gasteiger partial charge in [0.05, 0.1) is 12.1 Å². The Kier molecular flexibility index (Phi) is 3.47. The lowest BCUT2D eigenvalue weighted by Crippen LogP contribution is -2.48. The molecule has 0 bridgehead atoms. The highest BCUT2D eigenvalue weighted by molar-refractivity contribution is 5.49. The van der Waals surface area contributed by atoms with Crippen molar-refractivity contribution in [3.05, 3.63) is 11.8 Å². The van der Waals surface area contributed by atoms with Gasteiger partial charge in [-0.25, -0.2) is 4.98 Å². The van der Waals surface area contributed by atoms with Crippen LogP contribution in [0.1, 0.15) is 31.7 Å². The van der Waals surface area contributed by atoms with E-state index in [-0.39, 0.29) is 12.1 Å². The molecule has 1 aliphatic carbocycles. The van der Waals surface area contributed by atoms with Crippen molar-refractivity contribution in [2.75, 3.05) is 23.8 Å². The van der Waals surface area contributed by atoms with Crippen LogP contribution in [-0.2, 0) is 0 Å². The maximum atomic E-state index is 9.44. The third-order valence-electron chi connectivity index (χ3n) is 3.30. The van der Waals surface area contributed by atoms with Crippen molar-refractivity contribution in [1.29, 1.82) is 0 Å². The second-order valence-electron chi connectivity index (χ2n) is 4.67. The van der Waals surface area contributed by atoms with Crippen LogP contribution in [0.3, 0.4) is 0 Å². The van der Waals surface area contributed by atoms with Crippen LogP contribution in [0, 0.1) is 6.92 Å². The number of nitrogens with zero attached hydrogens (tertiary/aromatic N) is 2. The van der Waals surface area contributed by atoms with Crippen molar-refractivity contribution in [2.24, 2.45) is 0 Å². The first-order valence-corrected chi connectivity index (χ1v) is 6.16. The van der Waals surface area contributed by atoms with Gasteiger partial charge in [-0.3, -0.25) is 0 Å². The third kappa shape index (κ3) is 2.49. The van der Waals surface area contributed by atoms with Gasteiger partial charge in [-0.1, -0.05) is 0 Å². The summed E-state index contributed by atoms with van der Waals surface area (Å²) in [6, 6.07) is 0. The number of aromatic nitrogens is 2. The molecule has 1 aromatic rings. The summed E-state index contributed by atoms with van der Waals surface area (Å²) in [5.74, 6) is 1.46. The van der Waals surface area contributed by atoms with E-state index in [4.69, 9.17) is 0 Å². The van der Waals surface area contributed by atoms with Crippen LogP contribution >= 0.6 is 0 Å². The Bertz CT molecular complexity index is 385. The maximum absolute atomic E-state index is 9.44. The first-order chi connectivity index (χ1) is 8.19. The molecule has 1 fully saturated rings. The maximum Gasteiger partial charge on any atom is 0.224 e. The number of aryl methyl sites for hydroxylation is 1. The lowest BCUT2D eigenvalue weighted by Gasteiger charge is -2.41. The van der Waals surface area contributed by atoms with E-state index < -0.39 is 0 Å². The van der Waals surface area contributed by atoms with E-state index in [2.05, 4.69) is 20.6 Å². The largest absolute Gasteiger partial charge is 0.394 e. The van der Waals surface area contributed by atoms with E-state index in [0.717, 1.165) is 37.2 Å². The molecule has 0 saturated heterocycles. The van der Waals surface area contributed by atoms with E-state index in [9.17, 15) is 5.11 Å². The summed E-state index contributed by atoms with van der Waals surface area (Å²) in [5.41, 5.74) is 0.842. The lowest BCUT2D eigenvalue weighted by atomic mass is 9.77. The van der Waals surface area contributed by atoms with Crippen molar-refractivity contribution < 1.29 is 5.11 Å². The van der Waals surface area contributed by atoms with E-state index >= 15 is 0 Å². The quantitative estimate of drug-likeness (QED) is 0.723. The van der Waals surface area contributed by atoms with Gasteiger partial charge in [0, 0.05) is 18.3 Å². The highest BCUT2D eigenvalue weighted by atomic mass is 16.3. The Morgan fingerprint density at radius 2 is 2.24 bits per heavy atom. The van der Waals surface area contributed by atoms with Crippen LogP contribution in [0.2, 0.25) is 0 Å². The highest BCUT2D eigenvalue weighted by Crippen LogP contribution is 2.35. The van der Waals surface area contributed by atoms with Gasteiger partial charge < -0.3 is 15.7 Å². The molecular weight excluding hydrogens is 216 g/mol. The molecule has 5 heteroatoms. The second-order valence-corrected chi connectivity index (χ2v) is 4.67. The molecule has 5 nitrogen and oxygen atoms in total. The molecule has 1 aromatic heterocycles. The van der Waals surface area contributed by atoms with E-state index in [0.29, 0.717) is 5.95 Å². The Morgan fingerprint density at radius 1 is 1.47 bits per heavy atom. The van der Waals surface area contributed by atoms with Gasteiger partial charge in [-0.2, -0.15) is 4.98 Å². The topological polar surface area (TPSA) is 70.1 Å². The number of aliphatic hydroxyl groups is 1. The average molecular weight is 236 g/mol. The van der Waals surface area contributed by atoms with Crippen LogP contribution in [0.15, 0.2) is 6.20 Å². The molecule has 0 radical (unpaired) electrons. The summed E-state index contributed by atoms with van der Waals surface area (Å²) in [6.07, 6.45) is 4.97. The Hall–Kier alpha value is -1.36. The fourth-order valence-corrected chi connectivity index (χ4v) is 1.99. The van der Waals surface area contributed by atoms with Gasteiger partial charge in [0.25, 0.3) is 0 Å². The number of aliphatic hydroxyl groups excluding tert-OH is 1. The molecule has 2 rings (SSSR count). The normalized spacial score (nSPS) is 17.4. The van der Waals surface area contributed by atoms with Crippen LogP contribution < -0.4 is 10.6 Å². The van der Waals surface area contributed by atoms with E-state index in [1.165, 1.54) is 0 Å². The zero-order valence-electron chi connectivity index (χ0n) is 10.5. The molecular formula is C12H20N4O. The SMILES string of the molecule is CCNc1ncc(C)c(NC2(CO)CCC2)n1. The molecule has 0 unspecified atom stereocenters. The number of hydrogen-bond acceptors (Lipinski definition) is 5. The Morgan fingerprint density at radius 3 is 2.76 bits per heavy atom. The second kappa shape index (κ2) is 4.87. The molecule has 1 saturated carbocycles. The number of rotatable bonds is 5. The van der Waals surface area contributed by atoms with Gasteiger partial charge in [0.1, 0.15) is 5.82 Å². The summed E-state index contributed by atoms with van der Waals surface area (Å²) >= 11 is 0.